The maximum Gasteiger partial charge on any atom is 0.119 e. The average Bonchev–Trinajstić information content (AvgIpc) is 2.93. The summed E-state index contributed by atoms with van der Waals surface area (Å²) in [5, 5.41) is 20.2. The first kappa shape index (κ1) is 14.5. The van der Waals surface area contributed by atoms with Crippen molar-refractivity contribution >= 4 is 0 Å². The Bertz CT molecular complexity index is 527. The number of ether oxygens (including phenoxy) is 1. The number of aryl methyl sites for hydroxylation is 1. The van der Waals surface area contributed by atoms with Gasteiger partial charge in [0.1, 0.15) is 5.75 Å². The van der Waals surface area contributed by atoms with Crippen molar-refractivity contribution in [2.75, 3.05) is 13.7 Å². The van der Waals surface area contributed by atoms with Crippen LogP contribution in [0, 0.1) is 0 Å². The third-order valence-electron chi connectivity index (χ3n) is 2.90. The summed E-state index contributed by atoms with van der Waals surface area (Å²) in [6, 6.07) is 7.95. The van der Waals surface area contributed by atoms with E-state index in [-0.39, 0.29) is 6.61 Å². The van der Waals surface area contributed by atoms with Crippen molar-refractivity contribution in [2.45, 2.75) is 26.1 Å². The molecule has 1 aromatic heterocycles. The number of aliphatic hydroxyl groups is 1. The third kappa shape index (κ3) is 4.32. The minimum absolute atomic E-state index is 0.170. The summed E-state index contributed by atoms with van der Waals surface area (Å²) in [6.07, 6.45) is 2.59. The van der Waals surface area contributed by atoms with Crippen molar-refractivity contribution in [1.29, 1.82) is 0 Å². The number of nitrogens with zero attached hydrogens (tertiary/aromatic N) is 3. The van der Waals surface area contributed by atoms with Crippen molar-refractivity contribution in [3.8, 4) is 5.75 Å². The molecule has 0 bridgehead atoms. The summed E-state index contributed by atoms with van der Waals surface area (Å²) in [5.41, 5.74) is 2.06. The first-order valence-corrected chi connectivity index (χ1v) is 6.65. The molecule has 0 amide bonds. The molecule has 0 aliphatic rings. The van der Waals surface area contributed by atoms with Gasteiger partial charge in [-0.25, -0.2) is 0 Å². The van der Waals surface area contributed by atoms with Crippen LogP contribution in [0.3, 0.4) is 0 Å². The molecule has 2 aromatic rings. The van der Waals surface area contributed by atoms with E-state index >= 15 is 0 Å². The predicted octanol–water partition coefficient (Wildman–Crippen LogP) is 0.959. The fourth-order valence-electron chi connectivity index (χ4n) is 1.88. The summed E-state index contributed by atoms with van der Waals surface area (Å²) in [7, 11) is 1.66. The summed E-state index contributed by atoms with van der Waals surface area (Å²) < 4.78 is 6.94. The Morgan fingerprint density at radius 1 is 1.35 bits per heavy atom. The molecule has 0 aliphatic carbocycles. The number of hydrogen-bond donors (Lipinski definition) is 2. The van der Waals surface area contributed by atoms with E-state index in [9.17, 15) is 0 Å². The van der Waals surface area contributed by atoms with E-state index in [2.05, 4.69) is 15.6 Å². The van der Waals surface area contributed by atoms with E-state index in [0.29, 0.717) is 19.5 Å². The molecule has 6 nitrogen and oxygen atoms in total. The first-order chi connectivity index (χ1) is 9.81. The number of methoxy groups -OCH3 is 1. The number of aliphatic hydroxyl groups excluding tert-OH is 1. The Morgan fingerprint density at radius 2 is 2.25 bits per heavy atom. The monoisotopic (exact) mass is 276 g/mol. The van der Waals surface area contributed by atoms with E-state index in [1.807, 2.05) is 30.5 Å². The number of aromatic nitrogens is 3. The fourth-order valence-corrected chi connectivity index (χ4v) is 1.88. The van der Waals surface area contributed by atoms with Crippen molar-refractivity contribution in [3.05, 3.63) is 41.7 Å². The maximum absolute atomic E-state index is 8.76. The molecule has 0 aliphatic heterocycles. The van der Waals surface area contributed by atoms with Gasteiger partial charge in [-0.1, -0.05) is 17.3 Å². The molecular formula is C14H20N4O2. The third-order valence-corrected chi connectivity index (χ3v) is 2.90. The number of rotatable bonds is 8. The van der Waals surface area contributed by atoms with Gasteiger partial charge in [0.05, 0.1) is 12.8 Å². The molecule has 0 radical (unpaired) electrons. The summed E-state index contributed by atoms with van der Waals surface area (Å²) in [6.45, 7) is 2.28. The average molecular weight is 276 g/mol. The highest BCUT2D eigenvalue weighted by Crippen LogP contribution is 2.12. The van der Waals surface area contributed by atoms with Gasteiger partial charge in [-0.3, -0.25) is 4.68 Å². The minimum atomic E-state index is 0.170. The van der Waals surface area contributed by atoms with Gasteiger partial charge in [0.25, 0.3) is 0 Å². The topological polar surface area (TPSA) is 72.2 Å². The number of nitrogens with one attached hydrogen (secondary N) is 1. The molecule has 20 heavy (non-hydrogen) atoms. The molecule has 108 valence electrons. The fraction of sp³-hybridized carbons (Fsp3) is 0.429. The zero-order valence-corrected chi connectivity index (χ0v) is 11.6. The van der Waals surface area contributed by atoms with E-state index < -0.39 is 0 Å². The molecular weight excluding hydrogens is 256 g/mol. The lowest BCUT2D eigenvalue weighted by atomic mass is 10.2. The Balaban J connectivity index is 1.78. The minimum Gasteiger partial charge on any atom is -0.497 e. The number of hydrogen-bond acceptors (Lipinski definition) is 5. The zero-order chi connectivity index (χ0) is 14.2. The quantitative estimate of drug-likeness (QED) is 0.751. The molecule has 0 fully saturated rings. The molecule has 1 heterocycles. The van der Waals surface area contributed by atoms with Crippen LogP contribution in [0.1, 0.15) is 17.7 Å². The van der Waals surface area contributed by atoms with Gasteiger partial charge >= 0.3 is 0 Å². The zero-order valence-electron chi connectivity index (χ0n) is 11.6. The molecule has 0 atom stereocenters. The molecule has 0 saturated heterocycles. The van der Waals surface area contributed by atoms with Crippen LogP contribution in [0.2, 0.25) is 0 Å². The Morgan fingerprint density at radius 3 is 3.05 bits per heavy atom. The highest BCUT2D eigenvalue weighted by molar-refractivity contribution is 5.28. The second-order valence-electron chi connectivity index (χ2n) is 4.51. The van der Waals surface area contributed by atoms with Gasteiger partial charge in [-0.15, -0.1) is 5.10 Å². The van der Waals surface area contributed by atoms with Gasteiger partial charge < -0.3 is 15.2 Å². The van der Waals surface area contributed by atoms with Crippen LogP contribution in [0.5, 0.6) is 5.75 Å². The van der Waals surface area contributed by atoms with E-state index in [4.69, 9.17) is 9.84 Å². The summed E-state index contributed by atoms with van der Waals surface area (Å²) in [5.74, 6) is 0.860. The van der Waals surface area contributed by atoms with Crippen molar-refractivity contribution in [3.63, 3.8) is 0 Å². The van der Waals surface area contributed by atoms with Crippen molar-refractivity contribution in [2.24, 2.45) is 0 Å². The Hall–Kier alpha value is -1.92. The van der Waals surface area contributed by atoms with Gasteiger partial charge in [0.2, 0.25) is 0 Å². The van der Waals surface area contributed by atoms with Crippen molar-refractivity contribution in [1.82, 2.24) is 20.3 Å². The lowest BCUT2D eigenvalue weighted by molar-refractivity contribution is 0.276. The van der Waals surface area contributed by atoms with Crippen LogP contribution in [-0.2, 0) is 19.6 Å². The first-order valence-electron chi connectivity index (χ1n) is 6.65. The largest absolute Gasteiger partial charge is 0.497 e. The lowest BCUT2D eigenvalue weighted by Gasteiger charge is -2.05. The summed E-state index contributed by atoms with van der Waals surface area (Å²) in [4.78, 5) is 0. The second kappa shape index (κ2) is 7.62. The van der Waals surface area contributed by atoms with Crippen LogP contribution < -0.4 is 10.1 Å². The maximum atomic E-state index is 8.76. The molecule has 2 N–H and O–H groups in total. The molecule has 2 rings (SSSR count). The van der Waals surface area contributed by atoms with Crippen LogP contribution in [0.25, 0.3) is 0 Å². The SMILES string of the molecule is COc1cccc(CNCc2cn(CCCO)nn2)c1. The predicted molar refractivity (Wildman–Crippen MR) is 75.3 cm³/mol. The van der Waals surface area contributed by atoms with Crippen LogP contribution in [0.15, 0.2) is 30.5 Å². The van der Waals surface area contributed by atoms with Crippen LogP contribution in [-0.4, -0.2) is 33.8 Å². The van der Waals surface area contributed by atoms with E-state index in [0.717, 1.165) is 23.6 Å². The van der Waals surface area contributed by atoms with Gasteiger partial charge in [0, 0.05) is 32.4 Å². The molecule has 1 aromatic carbocycles. The van der Waals surface area contributed by atoms with Gasteiger partial charge in [0.15, 0.2) is 0 Å². The smallest absolute Gasteiger partial charge is 0.119 e. The lowest BCUT2D eigenvalue weighted by Crippen LogP contribution is -2.13. The van der Waals surface area contributed by atoms with Crippen LogP contribution in [0.4, 0.5) is 0 Å². The molecule has 0 saturated carbocycles. The van der Waals surface area contributed by atoms with Crippen molar-refractivity contribution < 1.29 is 9.84 Å². The highest BCUT2D eigenvalue weighted by Gasteiger charge is 2.01. The van der Waals surface area contributed by atoms with E-state index in [1.54, 1.807) is 11.8 Å². The van der Waals surface area contributed by atoms with E-state index in [1.165, 1.54) is 0 Å². The Labute approximate surface area is 118 Å². The van der Waals surface area contributed by atoms with Gasteiger partial charge in [-0.2, -0.15) is 0 Å². The molecule has 0 spiro atoms. The second-order valence-corrected chi connectivity index (χ2v) is 4.51. The molecule has 6 heteroatoms. The number of benzene rings is 1. The van der Waals surface area contributed by atoms with Gasteiger partial charge in [-0.05, 0) is 24.1 Å². The van der Waals surface area contributed by atoms with Crippen LogP contribution >= 0.6 is 0 Å². The highest BCUT2D eigenvalue weighted by atomic mass is 16.5. The standard InChI is InChI=1S/C14H20N4O2/c1-20-14-5-2-4-12(8-14)9-15-10-13-11-18(17-16-13)6-3-7-19/h2,4-5,8,11,15,19H,3,6-7,9-10H2,1H3. The molecule has 0 unspecified atom stereocenters. The Kier molecular flexibility index (Phi) is 5.52. The summed E-state index contributed by atoms with van der Waals surface area (Å²) >= 11 is 0. The normalized spacial score (nSPS) is 10.7.